The fraction of sp³-hybridized carbons (Fsp3) is 0.231. The number of para-hydroxylation sites is 1. The van der Waals surface area contributed by atoms with Crippen LogP contribution in [0.15, 0.2) is 36.7 Å². The molecule has 4 nitrogen and oxygen atoms in total. The highest BCUT2D eigenvalue weighted by Crippen LogP contribution is 2.32. The quantitative estimate of drug-likeness (QED) is 0.595. The van der Waals surface area contributed by atoms with E-state index in [4.69, 9.17) is 4.74 Å². The molecule has 4 heteroatoms. The summed E-state index contributed by atoms with van der Waals surface area (Å²) in [7, 11) is 0. The molecular weight excluding hydrogens is 216 g/mol. The van der Waals surface area contributed by atoms with Crippen LogP contribution in [0.4, 0.5) is 0 Å². The van der Waals surface area contributed by atoms with Gasteiger partial charge in [0.05, 0.1) is 5.92 Å². The fourth-order valence-electron chi connectivity index (χ4n) is 1.59. The summed E-state index contributed by atoms with van der Waals surface area (Å²) in [4.78, 5) is 11.6. The van der Waals surface area contributed by atoms with Gasteiger partial charge in [-0.05, 0) is 25.0 Å². The molecule has 0 spiro atoms. The van der Waals surface area contributed by atoms with Crippen molar-refractivity contribution in [2.75, 3.05) is 0 Å². The molecule has 0 saturated heterocycles. The molecule has 0 N–H and O–H groups in total. The van der Waals surface area contributed by atoms with Gasteiger partial charge in [-0.2, -0.15) is 5.10 Å². The van der Waals surface area contributed by atoms with E-state index in [9.17, 15) is 4.79 Å². The molecule has 1 aromatic heterocycles. The van der Waals surface area contributed by atoms with Crippen LogP contribution >= 0.6 is 0 Å². The Kier molecular flexibility index (Phi) is 2.40. The van der Waals surface area contributed by atoms with Crippen LogP contribution in [-0.4, -0.2) is 15.7 Å². The van der Waals surface area contributed by atoms with Crippen LogP contribution in [0.3, 0.4) is 0 Å². The van der Waals surface area contributed by atoms with Gasteiger partial charge in [0.2, 0.25) is 0 Å². The van der Waals surface area contributed by atoms with E-state index in [2.05, 4.69) is 11.2 Å². The van der Waals surface area contributed by atoms with Crippen LogP contribution in [0.25, 0.3) is 5.69 Å². The van der Waals surface area contributed by atoms with Crippen molar-refractivity contribution < 1.29 is 9.53 Å². The molecule has 1 fully saturated rings. The molecule has 17 heavy (non-hydrogen) atoms. The zero-order chi connectivity index (χ0) is 11.7. The highest BCUT2D eigenvalue weighted by molar-refractivity contribution is 5.78. The first-order chi connectivity index (χ1) is 8.34. The number of hydrogen-bond acceptors (Lipinski definition) is 3. The lowest BCUT2D eigenvalue weighted by molar-refractivity contribution is -0.135. The van der Waals surface area contributed by atoms with Gasteiger partial charge in [0.15, 0.2) is 5.75 Å². The SMILES string of the molecule is O=C(Oc1[c]cccc1-n1cccn1)C1CC1. The van der Waals surface area contributed by atoms with Crippen LogP contribution in [0.1, 0.15) is 12.8 Å². The smallest absolute Gasteiger partial charge is 0.314 e. The first kappa shape index (κ1) is 10.1. The second-order valence-electron chi connectivity index (χ2n) is 4.03. The Morgan fingerprint density at radius 2 is 2.35 bits per heavy atom. The van der Waals surface area contributed by atoms with E-state index in [1.807, 2.05) is 18.2 Å². The lowest BCUT2D eigenvalue weighted by Gasteiger charge is -2.08. The van der Waals surface area contributed by atoms with E-state index in [-0.39, 0.29) is 11.9 Å². The van der Waals surface area contributed by atoms with E-state index < -0.39 is 0 Å². The molecule has 0 bridgehead atoms. The Balaban J connectivity index is 1.90. The maximum Gasteiger partial charge on any atom is 0.314 e. The van der Waals surface area contributed by atoms with Crippen molar-refractivity contribution in [1.29, 1.82) is 0 Å². The van der Waals surface area contributed by atoms with Crippen LogP contribution in [0.2, 0.25) is 0 Å². The van der Waals surface area contributed by atoms with Crippen molar-refractivity contribution in [1.82, 2.24) is 9.78 Å². The van der Waals surface area contributed by atoms with Crippen LogP contribution in [0.5, 0.6) is 5.75 Å². The molecule has 0 aliphatic heterocycles. The molecule has 1 saturated carbocycles. The van der Waals surface area contributed by atoms with E-state index >= 15 is 0 Å². The average molecular weight is 227 g/mol. The van der Waals surface area contributed by atoms with Crippen molar-refractivity contribution in [2.24, 2.45) is 5.92 Å². The number of carbonyl (C=O) groups excluding carboxylic acids is 1. The molecule has 0 amide bonds. The zero-order valence-electron chi connectivity index (χ0n) is 9.17. The third kappa shape index (κ3) is 2.06. The third-order valence-electron chi connectivity index (χ3n) is 2.66. The van der Waals surface area contributed by atoms with E-state index in [0.29, 0.717) is 5.75 Å². The Bertz CT molecular complexity index is 530. The van der Waals surface area contributed by atoms with Crippen LogP contribution in [-0.2, 0) is 4.79 Å². The van der Waals surface area contributed by atoms with Crippen molar-refractivity contribution >= 4 is 5.97 Å². The molecule has 2 aromatic rings. The summed E-state index contributed by atoms with van der Waals surface area (Å²) in [5, 5.41) is 4.12. The molecule has 0 unspecified atom stereocenters. The summed E-state index contributed by atoms with van der Waals surface area (Å²) in [6, 6.07) is 10.2. The normalized spacial score (nSPS) is 14.6. The van der Waals surface area contributed by atoms with E-state index in [0.717, 1.165) is 18.5 Å². The van der Waals surface area contributed by atoms with Gasteiger partial charge in [0, 0.05) is 18.5 Å². The molecular formula is C13H11N2O2. The van der Waals surface area contributed by atoms with Gasteiger partial charge < -0.3 is 4.74 Å². The Morgan fingerprint density at radius 1 is 1.47 bits per heavy atom. The molecule has 0 atom stereocenters. The number of nitrogens with zero attached hydrogens (tertiary/aromatic N) is 2. The molecule has 85 valence electrons. The summed E-state index contributed by atoms with van der Waals surface area (Å²) in [6.07, 6.45) is 5.35. The Morgan fingerprint density at radius 3 is 3.06 bits per heavy atom. The van der Waals surface area contributed by atoms with Gasteiger partial charge in [0.1, 0.15) is 5.69 Å². The summed E-state index contributed by atoms with van der Waals surface area (Å²) in [5.74, 6) is 0.350. The van der Waals surface area contributed by atoms with Crippen molar-refractivity contribution in [2.45, 2.75) is 12.8 Å². The van der Waals surface area contributed by atoms with Crippen LogP contribution in [0, 0.1) is 12.0 Å². The predicted molar refractivity (Wildman–Crippen MR) is 60.8 cm³/mol. The minimum Gasteiger partial charge on any atom is -0.423 e. The largest absolute Gasteiger partial charge is 0.423 e. The second kappa shape index (κ2) is 4.05. The Hall–Kier alpha value is -2.10. The summed E-state index contributed by atoms with van der Waals surface area (Å²) in [5.41, 5.74) is 0.728. The monoisotopic (exact) mass is 227 g/mol. The van der Waals surface area contributed by atoms with Gasteiger partial charge in [-0.25, -0.2) is 4.68 Å². The Labute approximate surface area is 98.8 Å². The number of esters is 1. The number of hydrogen-bond donors (Lipinski definition) is 0. The molecule has 1 aliphatic carbocycles. The van der Waals surface area contributed by atoms with E-state index in [1.165, 1.54) is 0 Å². The fourth-order valence-corrected chi connectivity index (χ4v) is 1.59. The predicted octanol–water partition coefficient (Wildman–Crippen LogP) is 1.99. The summed E-state index contributed by atoms with van der Waals surface area (Å²) >= 11 is 0. The first-order valence-corrected chi connectivity index (χ1v) is 5.57. The van der Waals surface area contributed by atoms with Crippen molar-refractivity contribution in [3.63, 3.8) is 0 Å². The van der Waals surface area contributed by atoms with Gasteiger partial charge in [0.25, 0.3) is 0 Å². The lowest BCUT2D eigenvalue weighted by atomic mass is 10.3. The average Bonchev–Trinajstić information content (AvgIpc) is 3.06. The molecule has 1 aromatic carbocycles. The summed E-state index contributed by atoms with van der Waals surface area (Å²) in [6.45, 7) is 0. The lowest BCUT2D eigenvalue weighted by Crippen LogP contribution is -2.11. The zero-order valence-corrected chi connectivity index (χ0v) is 9.17. The number of rotatable bonds is 3. The highest BCUT2D eigenvalue weighted by Gasteiger charge is 2.32. The van der Waals surface area contributed by atoms with Crippen LogP contribution < -0.4 is 4.74 Å². The van der Waals surface area contributed by atoms with Crippen molar-refractivity contribution in [3.05, 3.63) is 42.7 Å². The number of aromatic nitrogens is 2. The number of benzene rings is 1. The first-order valence-electron chi connectivity index (χ1n) is 5.57. The van der Waals surface area contributed by atoms with Gasteiger partial charge >= 0.3 is 5.97 Å². The standard InChI is InChI=1S/C13H11N2O2/c16-13(10-6-7-10)17-12-5-2-1-4-11(12)15-9-3-8-14-15/h1-4,8-10H,6-7H2. The number of ether oxygens (including phenoxy) is 1. The third-order valence-corrected chi connectivity index (χ3v) is 2.66. The minimum atomic E-state index is -0.166. The maximum absolute atomic E-state index is 11.6. The topological polar surface area (TPSA) is 44.1 Å². The molecule has 1 heterocycles. The van der Waals surface area contributed by atoms with Crippen molar-refractivity contribution in [3.8, 4) is 11.4 Å². The molecule has 1 aliphatic rings. The van der Waals surface area contributed by atoms with Gasteiger partial charge in [-0.15, -0.1) is 0 Å². The second-order valence-corrected chi connectivity index (χ2v) is 4.03. The minimum absolute atomic E-state index is 0.0778. The van der Waals surface area contributed by atoms with E-state index in [1.54, 1.807) is 23.1 Å². The maximum atomic E-state index is 11.6. The molecule has 1 radical (unpaired) electrons. The van der Waals surface area contributed by atoms with Gasteiger partial charge in [-0.1, -0.05) is 12.1 Å². The molecule has 3 rings (SSSR count). The highest BCUT2D eigenvalue weighted by atomic mass is 16.5. The van der Waals surface area contributed by atoms with Gasteiger partial charge in [-0.3, -0.25) is 4.79 Å². The number of carbonyl (C=O) groups is 1. The summed E-state index contributed by atoms with van der Waals surface area (Å²) < 4.78 is 7.00.